The highest BCUT2D eigenvalue weighted by Gasteiger charge is 2.15. The minimum absolute atomic E-state index is 0.106. The van der Waals surface area contributed by atoms with Crippen LogP contribution in [-0.4, -0.2) is 52.0 Å². The third-order valence-corrected chi connectivity index (χ3v) is 5.59. The Balaban J connectivity index is 1.61. The van der Waals surface area contributed by atoms with Crippen molar-refractivity contribution in [2.75, 3.05) is 20.0 Å². The summed E-state index contributed by atoms with van der Waals surface area (Å²) in [6.45, 7) is 2.63. The summed E-state index contributed by atoms with van der Waals surface area (Å²) in [7, 11) is 2.86. The Kier molecular flexibility index (Phi) is 7.96. The lowest BCUT2D eigenvalue weighted by atomic mass is 10.2. The van der Waals surface area contributed by atoms with Crippen LogP contribution in [0.5, 0.6) is 17.2 Å². The first kappa shape index (κ1) is 23.4. The van der Waals surface area contributed by atoms with Gasteiger partial charge in [0, 0.05) is 22.7 Å². The van der Waals surface area contributed by atoms with Gasteiger partial charge in [0.1, 0.15) is 0 Å². The minimum Gasteiger partial charge on any atom is -0.502 e. The van der Waals surface area contributed by atoms with Gasteiger partial charge in [-0.15, -0.1) is 10.2 Å². The molecule has 0 unspecified atom stereocenters. The Labute approximate surface area is 194 Å². The van der Waals surface area contributed by atoms with E-state index >= 15 is 0 Å². The second kappa shape index (κ2) is 10.9. The number of nitrogens with one attached hydrogen (secondary N) is 1. The third kappa shape index (κ3) is 5.51. The standard InChI is InChI=1S/C21H22ClN5O4S/c1-4-27-20(14-5-7-15(22)8-6-14)25-26-21(27)32-12-18(28)24-23-11-13-9-16(30-2)19(29)17(10-13)31-3/h5-11,29H,4,12H2,1-3H3,(H,24,28)/b23-11+. The van der Waals surface area contributed by atoms with Crippen molar-refractivity contribution in [3.63, 3.8) is 0 Å². The Morgan fingerprint density at radius 2 is 1.88 bits per heavy atom. The molecule has 1 aromatic heterocycles. The molecule has 1 amide bonds. The maximum atomic E-state index is 12.2. The van der Waals surface area contributed by atoms with Gasteiger partial charge in [-0.05, 0) is 43.3 Å². The van der Waals surface area contributed by atoms with Crippen molar-refractivity contribution in [1.82, 2.24) is 20.2 Å². The zero-order valence-electron chi connectivity index (χ0n) is 17.7. The highest BCUT2D eigenvalue weighted by Crippen LogP contribution is 2.36. The summed E-state index contributed by atoms with van der Waals surface area (Å²) in [5, 5.41) is 23.6. The van der Waals surface area contributed by atoms with Gasteiger partial charge >= 0.3 is 0 Å². The molecule has 0 saturated heterocycles. The normalized spacial score (nSPS) is 11.0. The molecule has 2 N–H and O–H groups in total. The Bertz CT molecular complexity index is 1090. The molecule has 9 nitrogen and oxygen atoms in total. The number of hydrogen-bond acceptors (Lipinski definition) is 8. The zero-order valence-corrected chi connectivity index (χ0v) is 19.3. The summed E-state index contributed by atoms with van der Waals surface area (Å²) in [6, 6.07) is 10.5. The fraction of sp³-hybridized carbons (Fsp3) is 0.238. The number of ether oxygens (including phenoxy) is 2. The molecule has 0 radical (unpaired) electrons. The van der Waals surface area contributed by atoms with E-state index in [1.807, 2.05) is 23.6 Å². The fourth-order valence-corrected chi connectivity index (χ4v) is 3.74. The average molecular weight is 476 g/mol. The molecule has 2 aromatic carbocycles. The lowest BCUT2D eigenvalue weighted by Gasteiger charge is -2.09. The predicted molar refractivity (Wildman–Crippen MR) is 124 cm³/mol. The van der Waals surface area contributed by atoms with Gasteiger partial charge in [-0.25, -0.2) is 5.43 Å². The predicted octanol–water partition coefficient (Wildman–Crippen LogP) is 3.58. The van der Waals surface area contributed by atoms with E-state index in [9.17, 15) is 9.90 Å². The molecule has 3 rings (SSSR count). The van der Waals surface area contributed by atoms with Gasteiger partial charge in [0.15, 0.2) is 22.5 Å². The number of aromatic nitrogens is 3. The Morgan fingerprint density at radius 3 is 2.47 bits per heavy atom. The van der Waals surface area contributed by atoms with Crippen molar-refractivity contribution in [1.29, 1.82) is 0 Å². The van der Waals surface area contributed by atoms with Gasteiger partial charge in [-0.1, -0.05) is 23.4 Å². The van der Waals surface area contributed by atoms with Gasteiger partial charge in [0.25, 0.3) is 5.91 Å². The highest BCUT2D eigenvalue weighted by atomic mass is 35.5. The Morgan fingerprint density at radius 1 is 1.22 bits per heavy atom. The number of phenols is 1. The van der Waals surface area contributed by atoms with Crippen LogP contribution in [0.15, 0.2) is 46.7 Å². The molecule has 0 aliphatic rings. The number of carbonyl (C=O) groups excluding carboxylic acids is 1. The van der Waals surface area contributed by atoms with E-state index in [-0.39, 0.29) is 28.9 Å². The number of hydrogen-bond donors (Lipinski definition) is 2. The zero-order chi connectivity index (χ0) is 23.1. The van der Waals surface area contributed by atoms with Crippen LogP contribution in [0.1, 0.15) is 12.5 Å². The maximum absolute atomic E-state index is 12.2. The highest BCUT2D eigenvalue weighted by molar-refractivity contribution is 7.99. The molecule has 0 saturated carbocycles. The van der Waals surface area contributed by atoms with Crippen molar-refractivity contribution in [2.24, 2.45) is 5.10 Å². The molecular weight excluding hydrogens is 454 g/mol. The van der Waals surface area contributed by atoms with E-state index in [1.165, 1.54) is 32.2 Å². The molecule has 3 aromatic rings. The van der Waals surface area contributed by atoms with E-state index in [2.05, 4.69) is 20.7 Å². The minimum atomic E-state index is -0.303. The molecule has 0 atom stereocenters. The second-order valence-corrected chi connectivity index (χ2v) is 7.79. The van der Waals surface area contributed by atoms with Crippen LogP contribution >= 0.6 is 23.4 Å². The van der Waals surface area contributed by atoms with E-state index in [0.29, 0.717) is 28.1 Å². The number of amides is 1. The fourth-order valence-electron chi connectivity index (χ4n) is 2.82. The molecule has 0 bridgehead atoms. The van der Waals surface area contributed by atoms with Crippen LogP contribution in [0.25, 0.3) is 11.4 Å². The smallest absolute Gasteiger partial charge is 0.250 e. The quantitative estimate of drug-likeness (QED) is 0.276. The summed E-state index contributed by atoms with van der Waals surface area (Å²) < 4.78 is 12.1. The number of carbonyl (C=O) groups is 1. The first-order valence-corrected chi connectivity index (χ1v) is 10.9. The molecule has 32 heavy (non-hydrogen) atoms. The van der Waals surface area contributed by atoms with Gasteiger partial charge in [-0.3, -0.25) is 4.79 Å². The van der Waals surface area contributed by atoms with Crippen molar-refractivity contribution < 1.29 is 19.4 Å². The topological polar surface area (TPSA) is 111 Å². The van der Waals surface area contributed by atoms with Crippen molar-refractivity contribution in [3.8, 4) is 28.6 Å². The molecule has 1 heterocycles. The molecule has 11 heteroatoms. The van der Waals surface area contributed by atoms with Crippen LogP contribution in [0.4, 0.5) is 0 Å². The van der Waals surface area contributed by atoms with Gasteiger partial charge in [0.05, 0.1) is 26.2 Å². The molecule has 0 aliphatic carbocycles. The van der Waals surface area contributed by atoms with E-state index in [4.69, 9.17) is 21.1 Å². The van der Waals surface area contributed by atoms with Crippen molar-refractivity contribution >= 4 is 35.5 Å². The number of hydrazone groups is 1. The number of nitrogens with zero attached hydrogens (tertiary/aromatic N) is 4. The number of methoxy groups -OCH3 is 2. The van der Waals surface area contributed by atoms with Crippen LogP contribution in [0, 0.1) is 0 Å². The number of aromatic hydroxyl groups is 1. The van der Waals surface area contributed by atoms with E-state index < -0.39 is 0 Å². The number of halogens is 1. The number of rotatable bonds is 9. The van der Waals surface area contributed by atoms with Gasteiger partial charge < -0.3 is 19.1 Å². The second-order valence-electron chi connectivity index (χ2n) is 6.41. The van der Waals surface area contributed by atoms with Crippen LogP contribution in [-0.2, 0) is 11.3 Å². The lowest BCUT2D eigenvalue weighted by Crippen LogP contribution is -2.20. The summed E-state index contributed by atoms with van der Waals surface area (Å²) in [6.07, 6.45) is 1.43. The van der Waals surface area contributed by atoms with Gasteiger partial charge in [0.2, 0.25) is 5.75 Å². The SMILES string of the molecule is CCn1c(SCC(=O)N/N=C/c2cc(OC)c(O)c(OC)c2)nnc1-c1ccc(Cl)cc1. The van der Waals surface area contributed by atoms with E-state index in [0.717, 1.165) is 5.56 Å². The van der Waals surface area contributed by atoms with Crippen LogP contribution < -0.4 is 14.9 Å². The molecule has 0 fully saturated rings. The van der Waals surface area contributed by atoms with Crippen LogP contribution in [0.2, 0.25) is 5.02 Å². The number of phenolic OH excluding ortho intramolecular Hbond substituents is 1. The molecule has 0 aliphatic heterocycles. The summed E-state index contributed by atoms with van der Waals surface area (Å²) in [5.74, 6) is 0.887. The van der Waals surface area contributed by atoms with Crippen molar-refractivity contribution in [2.45, 2.75) is 18.6 Å². The van der Waals surface area contributed by atoms with Gasteiger partial charge in [-0.2, -0.15) is 5.10 Å². The third-order valence-electron chi connectivity index (χ3n) is 4.37. The van der Waals surface area contributed by atoms with Crippen molar-refractivity contribution in [3.05, 3.63) is 47.0 Å². The largest absolute Gasteiger partial charge is 0.502 e. The van der Waals surface area contributed by atoms with E-state index in [1.54, 1.807) is 24.3 Å². The number of thioether (sulfide) groups is 1. The first-order chi connectivity index (χ1) is 15.5. The number of benzene rings is 2. The molecule has 0 spiro atoms. The molecule has 168 valence electrons. The summed E-state index contributed by atoms with van der Waals surface area (Å²) in [4.78, 5) is 12.2. The first-order valence-electron chi connectivity index (χ1n) is 9.55. The lowest BCUT2D eigenvalue weighted by molar-refractivity contribution is -0.118. The maximum Gasteiger partial charge on any atom is 0.250 e. The van der Waals surface area contributed by atoms with Crippen LogP contribution in [0.3, 0.4) is 0 Å². The summed E-state index contributed by atoms with van der Waals surface area (Å²) in [5.41, 5.74) is 3.95. The summed E-state index contributed by atoms with van der Waals surface area (Å²) >= 11 is 7.22. The monoisotopic (exact) mass is 475 g/mol. The average Bonchev–Trinajstić information content (AvgIpc) is 3.22. The molecular formula is C21H22ClN5O4S. The Hall–Kier alpha value is -3.24.